The summed E-state index contributed by atoms with van der Waals surface area (Å²) < 4.78 is 0. The van der Waals surface area contributed by atoms with E-state index in [1.54, 1.807) is 0 Å². The molecule has 4 nitrogen and oxygen atoms in total. The maximum atomic E-state index is 13.3. The maximum Gasteiger partial charge on any atom is 0.254 e. The Morgan fingerprint density at radius 3 is 2.45 bits per heavy atom. The number of nitrogens with zero attached hydrogens (tertiary/aromatic N) is 1. The first-order valence-corrected chi connectivity index (χ1v) is 10.9. The van der Waals surface area contributed by atoms with Gasteiger partial charge in [0.1, 0.15) is 6.04 Å². The molecule has 29 heavy (non-hydrogen) atoms. The summed E-state index contributed by atoms with van der Waals surface area (Å²) >= 11 is 5.98. The van der Waals surface area contributed by atoms with Gasteiger partial charge in [0.05, 0.1) is 6.04 Å². The lowest BCUT2D eigenvalue weighted by atomic mass is 9.84. The molecule has 1 heterocycles. The minimum Gasteiger partial charge on any atom is -0.348 e. The highest BCUT2D eigenvalue weighted by Gasteiger charge is 2.47. The first-order valence-electron chi connectivity index (χ1n) is 10.5. The molecule has 2 aromatic rings. The van der Waals surface area contributed by atoms with Crippen molar-refractivity contribution in [1.29, 1.82) is 0 Å². The number of carbonyl (C=O) groups is 2. The van der Waals surface area contributed by atoms with Crippen LogP contribution in [0.2, 0.25) is 5.02 Å². The highest BCUT2D eigenvalue weighted by atomic mass is 35.5. The molecule has 0 bridgehead atoms. The van der Waals surface area contributed by atoms with E-state index in [2.05, 4.69) is 5.32 Å². The van der Waals surface area contributed by atoms with Crippen LogP contribution in [-0.2, 0) is 4.79 Å². The quantitative estimate of drug-likeness (QED) is 0.771. The van der Waals surface area contributed by atoms with Gasteiger partial charge < -0.3 is 10.2 Å². The van der Waals surface area contributed by atoms with Gasteiger partial charge in [0, 0.05) is 16.6 Å². The highest BCUT2D eigenvalue weighted by molar-refractivity contribution is 6.30. The largest absolute Gasteiger partial charge is 0.348 e. The summed E-state index contributed by atoms with van der Waals surface area (Å²) in [6.45, 7) is 1.96. The zero-order chi connectivity index (χ0) is 20.4. The van der Waals surface area contributed by atoms with Crippen molar-refractivity contribution in [2.24, 2.45) is 5.92 Å². The molecule has 0 radical (unpaired) electrons. The number of halogens is 1. The van der Waals surface area contributed by atoms with Gasteiger partial charge in [0.25, 0.3) is 5.91 Å². The number of likely N-dealkylation sites (tertiary alicyclic amines) is 1. The second kappa shape index (κ2) is 8.58. The van der Waals surface area contributed by atoms with Crippen LogP contribution in [0.25, 0.3) is 0 Å². The average molecular weight is 411 g/mol. The molecular weight excluding hydrogens is 384 g/mol. The third-order valence-corrected chi connectivity index (χ3v) is 6.63. The lowest BCUT2D eigenvalue weighted by Crippen LogP contribution is -2.50. The van der Waals surface area contributed by atoms with E-state index in [0.717, 1.165) is 31.2 Å². The van der Waals surface area contributed by atoms with Crippen molar-refractivity contribution in [3.05, 3.63) is 70.7 Å². The molecule has 5 heteroatoms. The number of carbonyl (C=O) groups excluding carboxylic acids is 2. The van der Waals surface area contributed by atoms with Crippen LogP contribution in [0.4, 0.5) is 0 Å². The van der Waals surface area contributed by atoms with Gasteiger partial charge in [0.2, 0.25) is 5.91 Å². The zero-order valence-corrected chi connectivity index (χ0v) is 17.4. The van der Waals surface area contributed by atoms with Gasteiger partial charge in [-0.2, -0.15) is 0 Å². The number of fused-ring (bicyclic) bond motifs is 1. The van der Waals surface area contributed by atoms with Crippen molar-refractivity contribution in [2.45, 2.75) is 57.2 Å². The van der Waals surface area contributed by atoms with Crippen LogP contribution in [0, 0.1) is 5.92 Å². The van der Waals surface area contributed by atoms with Crippen molar-refractivity contribution in [1.82, 2.24) is 10.2 Å². The normalized spacial score (nSPS) is 24.6. The molecule has 152 valence electrons. The summed E-state index contributed by atoms with van der Waals surface area (Å²) in [7, 11) is 0. The fourth-order valence-electron chi connectivity index (χ4n) is 4.86. The fraction of sp³-hybridized carbons (Fsp3) is 0.417. The van der Waals surface area contributed by atoms with Gasteiger partial charge in [-0.05, 0) is 61.9 Å². The van der Waals surface area contributed by atoms with Crippen LogP contribution < -0.4 is 5.32 Å². The lowest BCUT2D eigenvalue weighted by Gasteiger charge is -2.34. The lowest BCUT2D eigenvalue weighted by molar-refractivity contribution is -0.125. The van der Waals surface area contributed by atoms with E-state index >= 15 is 0 Å². The molecule has 2 amide bonds. The van der Waals surface area contributed by atoms with Crippen LogP contribution in [0.3, 0.4) is 0 Å². The second-order valence-corrected chi connectivity index (χ2v) is 8.66. The molecule has 4 unspecified atom stereocenters. The predicted molar refractivity (Wildman–Crippen MR) is 115 cm³/mol. The summed E-state index contributed by atoms with van der Waals surface area (Å²) in [5, 5.41) is 3.80. The Balaban J connectivity index is 1.55. The Bertz CT molecular complexity index is 868. The fourth-order valence-corrected chi connectivity index (χ4v) is 4.99. The van der Waals surface area contributed by atoms with Gasteiger partial charge in [-0.15, -0.1) is 0 Å². The van der Waals surface area contributed by atoms with Crippen molar-refractivity contribution in [3.8, 4) is 0 Å². The van der Waals surface area contributed by atoms with E-state index in [1.165, 1.54) is 6.42 Å². The van der Waals surface area contributed by atoms with Gasteiger partial charge >= 0.3 is 0 Å². The maximum absolute atomic E-state index is 13.3. The van der Waals surface area contributed by atoms with Crippen molar-refractivity contribution in [2.75, 3.05) is 0 Å². The van der Waals surface area contributed by atoms with E-state index in [-0.39, 0.29) is 23.9 Å². The monoisotopic (exact) mass is 410 g/mol. The summed E-state index contributed by atoms with van der Waals surface area (Å²) in [5.74, 6) is 0.323. The van der Waals surface area contributed by atoms with Gasteiger partial charge in [-0.1, -0.05) is 54.8 Å². The van der Waals surface area contributed by atoms with E-state index < -0.39 is 6.04 Å². The molecule has 1 aliphatic heterocycles. The average Bonchev–Trinajstić information content (AvgIpc) is 3.14. The first kappa shape index (κ1) is 20.0. The molecule has 1 N–H and O–H groups in total. The third-order valence-electron chi connectivity index (χ3n) is 6.37. The Morgan fingerprint density at radius 2 is 1.72 bits per heavy atom. The number of hydrogen-bond donors (Lipinski definition) is 1. The van der Waals surface area contributed by atoms with Crippen LogP contribution in [-0.4, -0.2) is 28.8 Å². The minimum absolute atomic E-state index is 0.0284. The van der Waals surface area contributed by atoms with Crippen molar-refractivity contribution < 1.29 is 9.59 Å². The van der Waals surface area contributed by atoms with Crippen LogP contribution in [0.1, 0.15) is 61.0 Å². The topological polar surface area (TPSA) is 49.4 Å². The smallest absolute Gasteiger partial charge is 0.254 e. The molecular formula is C24H27ClN2O2. The number of hydrogen-bond acceptors (Lipinski definition) is 2. The summed E-state index contributed by atoms with van der Waals surface area (Å²) in [4.78, 5) is 28.5. The molecule has 1 saturated heterocycles. The van der Waals surface area contributed by atoms with Crippen molar-refractivity contribution >= 4 is 23.4 Å². The predicted octanol–water partition coefficient (Wildman–Crippen LogP) is 4.99. The Hall–Kier alpha value is -2.33. The van der Waals surface area contributed by atoms with Crippen LogP contribution in [0.15, 0.2) is 54.6 Å². The van der Waals surface area contributed by atoms with Gasteiger partial charge in [0.15, 0.2) is 0 Å². The summed E-state index contributed by atoms with van der Waals surface area (Å²) in [6.07, 6.45) is 5.14. The second-order valence-electron chi connectivity index (χ2n) is 8.22. The minimum atomic E-state index is -0.412. The number of rotatable bonds is 4. The van der Waals surface area contributed by atoms with Gasteiger partial charge in [-0.25, -0.2) is 0 Å². The van der Waals surface area contributed by atoms with E-state index in [0.29, 0.717) is 16.5 Å². The van der Waals surface area contributed by atoms with Crippen LogP contribution >= 0.6 is 11.6 Å². The van der Waals surface area contributed by atoms with Crippen molar-refractivity contribution in [3.63, 3.8) is 0 Å². The molecule has 0 aromatic heterocycles. The van der Waals surface area contributed by atoms with E-state index in [1.807, 2.05) is 66.4 Å². The molecule has 2 aromatic carbocycles. The molecule has 4 atom stereocenters. The molecule has 1 aliphatic carbocycles. The zero-order valence-electron chi connectivity index (χ0n) is 16.7. The number of nitrogens with one attached hydrogen (secondary N) is 1. The summed E-state index contributed by atoms with van der Waals surface area (Å²) in [5.41, 5.74) is 1.65. The Morgan fingerprint density at radius 1 is 1.03 bits per heavy atom. The Labute approximate surface area is 177 Å². The van der Waals surface area contributed by atoms with Crippen LogP contribution in [0.5, 0.6) is 0 Å². The number of benzene rings is 2. The van der Waals surface area contributed by atoms with Gasteiger partial charge in [-0.3, -0.25) is 9.59 Å². The molecule has 1 saturated carbocycles. The van der Waals surface area contributed by atoms with E-state index in [9.17, 15) is 9.59 Å². The molecule has 2 aliphatic rings. The SMILES string of the molecule is CC(NC(=O)C1CC2CCCCC2N1C(=O)c1ccccc1)c1ccc(Cl)cc1. The number of amides is 2. The standard InChI is InChI=1S/C24H27ClN2O2/c1-16(17-11-13-20(25)14-12-17)26-23(28)22-15-19-9-5-6-10-21(19)27(22)24(29)18-7-3-2-4-8-18/h2-4,7-8,11-14,16,19,21-22H,5-6,9-10,15H2,1H3,(H,26,28). The first-order chi connectivity index (χ1) is 14.0. The molecule has 0 spiro atoms. The molecule has 2 fully saturated rings. The Kier molecular flexibility index (Phi) is 5.91. The third kappa shape index (κ3) is 4.18. The molecule has 4 rings (SSSR count). The highest BCUT2D eigenvalue weighted by Crippen LogP contribution is 2.40. The summed E-state index contributed by atoms with van der Waals surface area (Å²) in [6, 6.07) is 16.4. The van der Waals surface area contributed by atoms with E-state index in [4.69, 9.17) is 11.6 Å².